The van der Waals surface area contributed by atoms with Crippen LogP contribution in [0.4, 0.5) is 0 Å². The van der Waals surface area contributed by atoms with Crippen molar-refractivity contribution in [3.8, 4) is 28.6 Å². The lowest BCUT2D eigenvalue weighted by molar-refractivity contribution is -0.136. The minimum absolute atomic E-state index is 0.127. The van der Waals surface area contributed by atoms with E-state index < -0.39 is 17.5 Å². The first kappa shape index (κ1) is 26.7. The second-order valence-corrected chi connectivity index (χ2v) is 9.68. The van der Waals surface area contributed by atoms with Crippen LogP contribution in [0.5, 0.6) is 17.2 Å². The summed E-state index contributed by atoms with van der Waals surface area (Å²) < 4.78 is 16.4. The summed E-state index contributed by atoms with van der Waals surface area (Å²) >= 11 is 0. The van der Waals surface area contributed by atoms with Gasteiger partial charge in [-0.3, -0.25) is 19.1 Å². The van der Waals surface area contributed by atoms with E-state index in [0.29, 0.717) is 34.0 Å². The highest BCUT2D eigenvalue weighted by Crippen LogP contribution is 2.31. The second kappa shape index (κ2) is 11.9. The molecule has 0 spiro atoms. The summed E-state index contributed by atoms with van der Waals surface area (Å²) in [6, 6.07) is 16.6. The SMILES string of the molecule is O=C(O)CCc1cc(C(=O)c2ccc(OC3CCCC3)cc2O)ccc1OCc1ccc(-c2noc(=O)[nH]2)cc1. The molecule has 3 aromatic carbocycles. The zero-order chi connectivity index (χ0) is 28.1. The lowest BCUT2D eigenvalue weighted by atomic mass is 9.98. The van der Waals surface area contributed by atoms with E-state index in [-0.39, 0.29) is 36.9 Å². The Morgan fingerprint density at radius 3 is 2.48 bits per heavy atom. The number of ether oxygens (including phenoxy) is 2. The van der Waals surface area contributed by atoms with E-state index in [9.17, 15) is 24.6 Å². The summed E-state index contributed by atoms with van der Waals surface area (Å²) in [6.07, 6.45) is 4.34. The number of aryl methyl sites for hydroxylation is 1. The molecule has 4 aromatic rings. The van der Waals surface area contributed by atoms with Crippen molar-refractivity contribution < 1.29 is 33.8 Å². The fraction of sp³-hybridized carbons (Fsp3) is 0.267. The quantitative estimate of drug-likeness (QED) is 0.224. The number of carboxylic acid groups (broad SMARTS) is 1. The number of aromatic amines is 1. The molecule has 3 N–H and O–H groups in total. The van der Waals surface area contributed by atoms with Crippen LogP contribution in [0, 0.1) is 0 Å². The Labute approximate surface area is 229 Å². The zero-order valence-corrected chi connectivity index (χ0v) is 21.6. The average molecular weight is 545 g/mol. The zero-order valence-electron chi connectivity index (χ0n) is 21.6. The number of aliphatic carboxylic acids is 1. The molecule has 1 heterocycles. The first-order valence-corrected chi connectivity index (χ1v) is 13.0. The van der Waals surface area contributed by atoms with Gasteiger partial charge in [0.05, 0.1) is 11.7 Å². The summed E-state index contributed by atoms with van der Waals surface area (Å²) in [6.45, 7) is 0.187. The van der Waals surface area contributed by atoms with Crippen LogP contribution in [-0.2, 0) is 17.8 Å². The largest absolute Gasteiger partial charge is 0.507 e. The van der Waals surface area contributed by atoms with Gasteiger partial charge in [-0.2, -0.15) is 0 Å². The third-order valence-electron chi connectivity index (χ3n) is 6.81. The number of phenolic OH excluding ortho intramolecular Hbond substituents is 1. The predicted molar refractivity (Wildman–Crippen MR) is 144 cm³/mol. The van der Waals surface area contributed by atoms with E-state index in [1.165, 1.54) is 6.07 Å². The van der Waals surface area contributed by atoms with Gasteiger partial charge >= 0.3 is 11.7 Å². The minimum atomic E-state index is -0.973. The van der Waals surface area contributed by atoms with Gasteiger partial charge in [-0.25, -0.2) is 4.79 Å². The molecule has 0 aliphatic heterocycles. The van der Waals surface area contributed by atoms with Gasteiger partial charge in [0.15, 0.2) is 11.6 Å². The Bertz CT molecular complexity index is 1570. The van der Waals surface area contributed by atoms with Gasteiger partial charge in [0.2, 0.25) is 0 Å². The number of H-pyrrole nitrogens is 1. The standard InChI is InChI=1S/C30H28N2O8/c33-25-16-23(39-22-3-1-2-4-22)11-12-24(25)28(36)21-9-13-26(20(15-21)10-14-27(34)35)38-17-18-5-7-19(8-6-18)29-31-30(37)40-32-29/h5-9,11-13,15-16,22,33H,1-4,10,14,17H2,(H,34,35)(H,31,32,37). The van der Waals surface area contributed by atoms with Crippen molar-refractivity contribution in [3.05, 3.63) is 93.5 Å². The molecule has 206 valence electrons. The number of nitrogens with one attached hydrogen (secondary N) is 1. The number of aromatic hydroxyl groups is 1. The Morgan fingerprint density at radius 1 is 1.02 bits per heavy atom. The van der Waals surface area contributed by atoms with Crippen LogP contribution in [0.2, 0.25) is 0 Å². The van der Waals surface area contributed by atoms with E-state index in [0.717, 1.165) is 31.2 Å². The molecule has 0 radical (unpaired) electrons. The van der Waals surface area contributed by atoms with Crippen molar-refractivity contribution in [1.29, 1.82) is 0 Å². The van der Waals surface area contributed by atoms with Gasteiger partial charge in [0.1, 0.15) is 23.9 Å². The molecule has 40 heavy (non-hydrogen) atoms. The van der Waals surface area contributed by atoms with Gasteiger partial charge in [0.25, 0.3) is 0 Å². The lowest BCUT2D eigenvalue weighted by Crippen LogP contribution is -2.11. The van der Waals surface area contributed by atoms with E-state index >= 15 is 0 Å². The van der Waals surface area contributed by atoms with Crippen molar-refractivity contribution in [1.82, 2.24) is 10.1 Å². The lowest BCUT2D eigenvalue weighted by Gasteiger charge is -2.15. The Kier molecular flexibility index (Phi) is 7.95. The number of carboxylic acids is 1. The number of benzene rings is 3. The molecule has 1 aliphatic rings. The van der Waals surface area contributed by atoms with Crippen LogP contribution in [0.3, 0.4) is 0 Å². The molecule has 1 aliphatic carbocycles. The molecule has 0 saturated heterocycles. The number of carbonyl (C=O) groups excluding carboxylic acids is 1. The highest BCUT2D eigenvalue weighted by molar-refractivity contribution is 6.11. The molecule has 0 unspecified atom stereocenters. The highest BCUT2D eigenvalue weighted by Gasteiger charge is 2.20. The molecule has 10 heteroatoms. The summed E-state index contributed by atoms with van der Waals surface area (Å²) in [7, 11) is 0. The maximum absolute atomic E-state index is 13.3. The van der Waals surface area contributed by atoms with Crippen molar-refractivity contribution in [2.45, 2.75) is 51.2 Å². The van der Waals surface area contributed by atoms with Crippen LogP contribution in [0.1, 0.15) is 59.2 Å². The molecule has 10 nitrogen and oxygen atoms in total. The first-order chi connectivity index (χ1) is 19.4. The number of ketones is 1. The third-order valence-corrected chi connectivity index (χ3v) is 6.81. The van der Waals surface area contributed by atoms with Crippen LogP contribution in [0.15, 0.2) is 70.0 Å². The average Bonchev–Trinajstić information content (AvgIpc) is 3.63. The second-order valence-electron chi connectivity index (χ2n) is 9.68. The Hall–Kier alpha value is -4.86. The number of hydrogen-bond acceptors (Lipinski definition) is 8. The van der Waals surface area contributed by atoms with Gasteiger partial charge in [-0.05, 0) is 73.6 Å². The molecule has 1 fully saturated rings. The maximum atomic E-state index is 13.3. The van der Waals surface area contributed by atoms with Crippen molar-refractivity contribution in [3.63, 3.8) is 0 Å². The van der Waals surface area contributed by atoms with Crippen LogP contribution in [-0.4, -0.2) is 38.2 Å². The number of phenols is 1. The molecule has 0 bridgehead atoms. The number of aromatic nitrogens is 2. The van der Waals surface area contributed by atoms with E-state index in [1.54, 1.807) is 54.6 Å². The number of nitrogens with zero attached hydrogens (tertiary/aromatic N) is 1. The van der Waals surface area contributed by atoms with Crippen LogP contribution < -0.4 is 15.2 Å². The van der Waals surface area contributed by atoms with Gasteiger partial charge in [-0.1, -0.05) is 29.4 Å². The molecular formula is C30H28N2O8. The Morgan fingerprint density at radius 2 is 1.80 bits per heavy atom. The smallest absolute Gasteiger partial charge is 0.439 e. The summed E-state index contributed by atoms with van der Waals surface area (Å²) in [5.74, 6) is -0.892. The van der Waals surface area contributed by atoms with Crippen molar-refractivity contribution in [2.24, 2.45) is 0 Å². The van der Waals surface area contributed by atoms with Gasteiger partial charge in [0, 0.05) is 23.6 Å². The number of carbonyl (C=O) groups is 2. The van der Waals surface area contributed by atoms with Crippen molar-refractivity contribution >= 4 is 11.8 Å². The molecule has 1 aromatic heterocycles. The molecular weight excluding hydrogens is 516 g/mol. The molecule has 0 atom stereocenters. The fourth-order valence-electron chi connectivity index (χ4n) is 4.70. The molecule has 0 amide bonds. The maximum Gasteiger partial charge on any atom is 0.439 e. The molecule has 1 saturated carbocycles. The summed E-state index contributed by atoms with van der Waals surface area (Å²) in [4.78, 5) is 38.2. The van der Waals surface area contributed by atoms with E-state index in [4.69, 9.17) is 9.47 Å². The van der Waals surface area contributed by atoms with Crippen LogP contribution >= 0.6 is 0 Å². The van der Waals surface area contributed by atoms with Crippen LogP contribution in [0.25, 0.3) is 11.4 Å². The highest BCUT2D eigenvalue weighted by atomic mass is 16.5. The van der Waals surface area contributed by atoms with E-state index in [1.807, 2.05) is 0 Å². The van der Waals surface area contributed by atoms with E-state index in [2.05, 4.69) is 14.7 Å². The molecule has 5 rings (SSSR count). The van der Waals surface area contributed by atoms with Gasteiger partial charge in [-0.15, -0.1) is 0 Å². The monoisotopic (exact) mass is 544 g/mol. The topological polar surface area (TPSA) is 152 Å². The minimum Gasteiger partial charge on any atom is -0.507 e. The number of rotatable bonds is 11. The third kappa shape index (κ3) is 6.40. The Balaban J connectivity index is 1.31. The normalized spacial score (nSPS) is 13.3. The van der Waals surface area contributed by atoms with Crippen molar-refractivity contribution in [2.75, 3.05) is 0 Å². The van der Waals surface area contributed by atoms with Gasteiger partial charge < -0.3 is 19.7 Å². The summed E-state index contributed by atoms with van der Waals surface area (Å²) in [5, 5.41) is 23.5. The first-order valence-electron chi connectivity index (χ1n) is 13.0. The fourth-order valence-corrected chi connectivity index (χ4v) is 4.70. The summed E-state index contributed by atoms with van der Waals surface area (Å²) in [5.41, 5.74) is 2.49. The predicted octanol–water partition coefficient (Wildman–Crippen LogP) is 4.88. The number of hydrogen-bond donors (Lipinski definition) is 3.